The predicted molar refractivity (Wildman–Crippen MR) is 176 cm³/mol. The summed E-state index contributed by atoms with van der Waals surface area (Å²) in [5, 5.41) is 14.5. The highest BCUT2D eigenvalue weighted by Crippen LogP contribution is 2.32. The monoisotopic (exact) mass is 725 g/mol. The second-order valence-electron chi connectivity index (χ2n) is 10.8. The quantitative estimate of drug-likeness (QED) is 0.132. The van der Waals surface area contributed by atoms with Crippen LogP contribution in [-0.4, -0.2) is 38.1 Å². The van der Waals surface area contributed by atoms with E-state index < -0.39 is 35.6 Å². The van der Waals surface area contributed by atoms with E-state index in [1.165, 1.54) is 79.6 Å². The molecule has 4 aromatic carbocycles. The predicted octanol–water partition coefficient (Wildman–Crippen LogP) is 8.07. The number of carbonyl (C=O) groups excluding carboxylic acids is 2. The van der Waals surface area contributed by atoms with Crippen LogP contribution in [0, 0.1) is 23.0 Å². The molecular formula is C36H20F5N7O5. The summed E-state index contributed by atoms with van der Waals surface area (Å²) in [5.41, 5.74) is -0.169. The number of hydrogen-bond acceptors (Lipinski definition) is 10. The molecule has 0 aliphatic heterocycles. The van der Waals surface area contributed by atoms with Crippen molar-refractivity contribution in [1.82, 2.24) is 19.9 Å². The number of aromatic nitrogens is 4. The SMILES string of the molecule is N#Cc1cc(NC(=O)c2cccc(F)c2)cc(Oc2cnc(-c3cc(OC(F)(F)F)cc(C(=O)Nc4cc(F)cc(Oc5cncnc5)c4)c3)nc2)c1. The number of anilines is 2. The molecule has 0 atom stereocenters. The van der Waals surface area contributed by atoms with Crippen molar-refractivity contribution in [3.8, 4) is 46.2 Å². The van der Waals surface area contributed by atoms with Crippen LogP contribution in [0.15, 0.2) is 110 Å². The van der Waals surface area contributed by atoms with Gasteiger partial charge < -0.3 is 24.8 Å². The highest BCUT2D eigenvalue weighted by Gasteiger charge is 2.32. The fourth-order valence-electron chi connectivity index (χ4n) is 4.70. The molecule has 264 valence electrons. The van der Waals surface area contributed by atoms with Crippen molar-refractivity contribution in [2.24, 2.45) is 0 Å². The van der Waals surface area contributed by atoms with Gasteiger partial charge in [-0.1, -0.05) is 6.07 Å². The molecule has 0 bridgehead atoms. The highest BCUT2D eigenvalue weighted by molar-refractivity contribution is 6.05. The van der Waals surface area contributed by atoms with Crippen LogP contribution in [0.1, 0.15) is 26.3 Å². The molecular weight excluding hydrogens is 705 g/mol. The van der Waals surface area contributed by atoms with Crippen LogP contribution >= 0.6 is 0 Å². The Kier molecular flexibility index (Phi) is 10.1. The average molecular weight is 726 g/mol. The summed E-state index contributed by atoms with van der Waals surface area (Å²) in [6.07, 6.45) is 1.15. The summed E-state index contributed by atoms with van der Waals surface area (Å²) in [6.45, 7) is 0. The van der Waals surface area contributed by atoms with Crippen LogP contribution in [0.2, 0.25) is 0 Å². The van der Waals surface area contributed by atoms with Crippen molar-refractivity contribution in [2.75, 3.05) is 10.6 Å². The standard InChI is InChI=1S/C36H20F5N7O5/c37-24-3-1-2-21(7-24)34(49)47-26-4-20(14-42)5-28(12-26)51-32-17-45-33(46-18-32)22-6-23(9-30(8-22)53-36(39,40)41)35(50)48-27-10-25(38)11-29(13-27)52-31-15-43-19-44-16-31/h1-13,15-19H,(H,47,49)(H,48,50). The third kappa shape index (κ3) is 9.61. The van der Waals surface area contributed by atoms with Gasteiger partial charge in [-0.3, -0.25) is 9.59 Å². The number of benzene rings is 4. The fraction of sp³-hybridized carbons (Fsp3) is 0.0278. The topological polar surface area (TPSA) is 161 Å². The van der Waals surface area contributed by atoms with Crippen LogP contribution in [-0.2, 0) is 0 Å². The number of ether oxygens (including phenoxy) is 3. The lowest BCUT2D eigenvalue weighted by Crippen LogP contribution is -2.18. The molecule has 12 nitrogen and oxygen atoms in total. The van der Waals surface area contributed by atoms with Crippen LogP contribution < -0.4 is 24.8 Å². The zero-order valence-electron chi connectivity index (χ0n) is 26.6. The fourth-order valence-corrected chi connectivity index (χ4v) is 4.70. The maximum atomic E-state index is 14.4. The Morgan fingerprint density at radius 3 is 1.96 bits per heavy atom. The largest absolute Gasteiger partial charge is 0.573 e. The Morgan fingerprint density at radius 1 is 0.660 bits per heavy atom. The molecule has 0 saturated carbocycles. The van der Waals surface area contributed by atoms with Gasteiger partial charge in [0, 0.05) is 46.3 Å². The van der Waals surface area contributed by atoms with Gasteiger partial charge in [0.2, 0.25) is 0 Å². The summed E-state index contributed by atoms with van der Waals surface area (Å²) in [6, 6.07) is 17.3. The van der Waals surface area contributed by atoms with E-state index in [0.717, 1.165) is 30.3 Å². The van der Waals surface area contributed by atoms with Crippen LogP contribution in [0.25, 0.3) is 11.4 Å². The molecule has 0 aliphatic rings. The number of halogens is 5. The zero-order valence-corrected chi connectivity index (χ0v) is 26.6. The van der Waals surface area contributed by atoms with Gasteiger partial charge in [-0.2, -0.15) is 5.26 Å². The molecule has 0 fully saturated rings. The molecule has 0 radical (unpaired) electrons. The van der Waals surface area contributed by atoms with E-state index in [1.54, 1.807) is 0 Å². The molecule has 6 aromatic rings. The van der Waals surface area contributed by atoms with Crippen LogP contribution in [0.3, 0.4) is 0 Å². The van der Waals surface area contributed by atoms with E-state index >= 15 is 0 Å². The maximum absolute atomic E-state index is 14.4. The molecule has 2 aromatic heterocycles. The lowest BCUT2D eigenvalue weighted by Gasteiger charge is -2.13. The Bertz CT molecular complexity index is 2360. The second kappa shape index (κ2) is 15.2. The van der Waals surface area contributed by atoms with Crippen molar-refractivity contribution in [3.63, 3.8) is 0 Å². The normalized spacial score (nSPS) is 10.9. The first kappa shape index (κ1) is 35.3. The van der Waals surface area contributed by atoms with Crippen molar-refractivity contribution >= 4 is 23.2 Å². The number of nitrogens with zero attached hydrogens (tertiary/aromatic N) is 5. The zero-order chi connectivity index (χ0) is 37.5. The maximum Gasteiger partial charge on any atom is 0.573 e. The van der Waals surface area contributed by atoms with Gasteiger partial charge >= 0.3 is 6.36 Å². The molecule has 0 aliphatic carbocycles. The molecule has 53 heavy (non-hydrogen) atoms. The highest BCUT2D eigenvalue weighted by atomic mass is 19.4. The third-order valence-corrected chi connectivity index (χ3v) is 6.81. The first-order chi connectivity index (χ1) is 25.4. The van der Waals surface area contributed by atoms with E-state index in [-0.39, 0.29) is 62.5 Å². The van der Waals surface area contributed by atoms with Crippen molar-refractivity contribution < 1.29 is 45.8 Å². The number of amides is 2. The van der Waals surface area contributed by atoms with E-state index in [9.17, 15) is 36.8 Å². The molecule has 0 spiro atoms. The van der Waals surface area contributed by atoms with Crippen LogP contribution in [0.5, 0.6) is 28.7 Å². The number of nitrogens with one attached hydrogen (secondary N) is 2. The second-order valence-corrected chi connectivity index (χ2v) is 10.8. The Morgan fingerprint density at radius 2 is 1.30 bits per heavy atom. The van der Waals surface area contributed by atoms with E-state index in [2.05, 4.69) is 35.3 Å². The molecule has 2 N–H and O–H groups in total. The molecule has 2 amide bonds. The number of hydrogen-bond donors (Lipinski definition) is 2. The molecule has 0 saturated heterocycles. The minimum Gasteiger partial charge on any atom is -0.454 e. The van der Waals surface area contributed by atoms with Crippen molar-refractivity contribution in [2.45, 2.75) is 6.36 Å². The van der Waals surface area contributed by atoms with E-state index in [1.807, 2.05) is 6.07 Å². The Hall–Kier alpha value is -7.48. The minimum absolute atomic E-state index is 0.0233. The smallest absolute Gasteiger partial charge is 0.454 e. The summed E-state index contributed by atoms with van der Waals surface area (Å²) in [7, 11) is 0. The summed E-state index contributed by atoms with van der Waals surface area (Å²) < 4.78 is 83.1. The molecule has 2 heterocycles. The van der Waals surface area contributed by atoms with Crippen LogP contribution in [0.4, 0.5) is 33.3 Å². The lowest BCUT2D eigenvalue weighted by atomic mass is 10.1. The van der Waals surface area contributed by atoms with Gasteiger partial charge in [-0.15, -0.1) is 13.2 Å². The summed E-state index contributed by atoms with van der Waals surface area (Å²) >= 11 is 0. The van der Waals surface area contributed by atoms with Crippen molar-refractivity contribution in [1.29, 1.82) is 5.26 Å². The Balaban J connectivity index is 1.22. The lowest BCUT2D eigenvalue weighted by molar-refractivity contribution is -0.274. The first-order valence-corrected chi connectivity index (χ1v) is 15.0. The van der Waals surface area contributed by atoms with Gasteiger partial charge in [-0.05, 0) is 54.6 Å². The van der Waals surface area contributed by atoms with Gasteiger partial charge in [0.15, 0.2) is 17.3 Å². The molecule has 6 rings (SSSR count). The number of rotatable bonds is 10. The molecule has 17 heteroatoms. The van der Waals surface area contributed by atoms with E-state index in [4.69, 9.17) is 9.47 Å². The first-order valence-electron chi connectivity index (χ1n) is 15.0. The van der Waals surface area contributed by atoms with Gasteiger partial charge in [0.25, 0.3) is 11.8 Å². The van der Waals surface area contributed by atoms with Crippen molar-refractivity contribution in [3.05, 3.63) is 138 Å². The number of carbonyl (C=O) groups is 2. The van der Waals surface area contributed by atoms with Gasteiger partial charge in [0.1, 0.15) is 35.2 Å². The minimum atomic E-state index is -5.12. The summed E-state index contributed by atoms with van der Waals surface area (Å²) in [4.78, 5) is 41.7. The van der Waals surface area contributed by atoms with E-state index in [0.29, 0.717) is 0 Å². The number of nitriles is 1. The van der Waals surface area contributed by atoms with Gasteiger partial charge in [0.05, 0.1) is 36.4 Å². The third-order valence-electron chi connectivity index (χ3n) is 6.81. The average Bonchev–Trinajstić information content (AvgIpc) is 3.11. The Labute approximate surface area is 295 Å². The number of alkyl halides is 3. The van der Waals surface area contributed by atoms with Gasteiger partial charge in [-0.25, -0.2) is 28.7 Å². The summed E-state index contributed by atoms with van der Waals surface area (Å²) in [5.74, 6) is -3.62. The molecule has 0 unspecified atom stereocenters.